The minimum absolute atomic E-state index is 0.200. The molecule has 0 aromatic heterocycles. The first-order valence-electron chi connectivity index (χ1n) is 5.02. The minimum atomic E-state index is -0.200. The third kappa shape index (κ3) is 2.88. The summed E-state index contributed by atoms with van der Waals surface area (Å²) in [7, 11) is 5.01. The van der Waals surface area contributed by atoms with Gasteiger partial charge in [-0.1, -0.05) is 0 Å². The molecule has 4 heteroatoms. The number of benzene rings is 1. The van der Waals surface area contributed by atoms with Crippen molar-refractivity contribution < 1.29 is 9.47 Å². The molecular formula is C12H16N2O2. The number of rotatable bonds is 5. The normalized spacial score (nSPS) is 11.6. The molecule has 1 aromatic carbocycles. The van der Waals surface area contributed by atoms with Gasteiger partial charge in [-0.25, -0.2) is 0 Å². The highest BCUT2D eigenvalue weighted by Gasteiger charge is 2.12. The van der Waals surface area contributed by atoms with Crippen molar-refractivity contribution >= 4 is 0 Å². The lowest BCUT2D eigenvalue weighted by Crippen LogP contribution is -2.16. The molecule has 4 nitrogen and oxygen atoms in total. The number of nitrogens with zero attached hydrogens (tertiary/aromatic N) is 1. The summed E-state index contributed by atoms with van der Waals surface area (Å²) in [6.45, 7) is 0.604. The molecule has 0 aliphatic carbocycles. The van der Waals surface area contributed by atoms with Gasteiger partial charge in [0.1, 0.15) is 11.5 Å². The first kappa shape index (κ1) is 12.3. The van der Waals surface area contributed by atoms with Crippen LogP contribution in [-0.2, 0) is 0 Å². The van der Waals surface area contributed by atoms with Gasteiger partial charge in [0.15, 0.2) is 0 Å². The molecule has 0 saturated heterocycles. The molecule has 16 heavy (non-hydrogen) atoms. The second-order valence-electron chi connectivity index (χ2n) is 3.39. The zero-order chi connectivity index (χ0) is 12.0. The van der Waals surface area contributed by atoms with E-state index in [1.807, 2.05) is 19.2 Å². The molecule has 0 aliphatic heterocycles. The van der Waals surface area contributed by atoms with Crippen molar-refractivity contribution in [1.29, 1.82) is 5.26 Å². The molecule has 1 unspecified atom stereocenters. The Morgan fingerprint density at radius 1 is 1.25 bits per heavy atom. The third-order valence-corrected chi connectivity index (χ3v) is 2.34. The predicted molar refractivity (Wildman–Crippen MR) is 61.8 cm³/mol. The molecule has 0 amide bonds. The second-order valence-corrected chi connectivity index (χ2v) is 3.39. The van der Waals surface area contributed by atoms with Crippen LogP contribution in [0.25, 0.3) is 0 Å². The van der Waals surface area contributed by atoms with Crippen molar-refractivity contribution in [2.45, 2.75) is 5.92 Å². The van der Waals surface area contributed by atoms with Crippen molar-refractivity contribution in [2.75, 3.05) is 27.8 Å². The molecule has 0 saturated carbocycles. The molecule has 0 fully saturated rings. The van der Waals surface area contributed by atoms with E-state index in [9.17, 15) is 0 Å². The number of nitrogens with one attached hydrogen (secondary N) is 1. The van der Waals surface area contributed by atoms with E-state index in [0.29, 0.717) is 18.0 Å². The summed E-state index contributed by atoms with van der Waals surface area (Å²) in [4.78, 5) is 0. The topological polar surface area (TPSA) is 54.3 Å². The first-order valence-corrected chi connectivity index (χ1v) is 5.02. The van der Waals surface area contributed by atoms with Gasteiger partial charge in [-0.2, -0.15) is 5.26 Å². The van der Waals surface area contributed by atoms with E-state index in [-0.39, 0.29) is 5.92 Å². The van der Waals surface area contributed by atoms with Crippen LogP contribution in [0, 0.1) is 11.3 Å². The highest BCUT2D eigenvalue weighted by Crippen LogP contribution is 2.26. The lowest BCUT2D eigenvalue weighted by Gasteiger charge is -2.12. The maximum atomic E-state index is 9.07. The molecule has 1 N–H and O–H groups in total. The minimum Gasteiger partial charge on any atom is -0.497 e. The summed E-state index contributed by atoms with van der Waals surface area (Å²) in [5, 5.41) is 12.1. The third-order valence-electron chi connectivity index (χ3n) is 2.34. The van der Waals surface area contributed by atoms with E-state index >= 15 is 0 Å². The molecule has 0 heterocycles. The molecule has 0 aliphatic rings. The van der Waals surface area contributed by atoms with Crippen LogP contribution < -0.4 is 14.8 Å². The Morgan fingerprint density at radius 3 is 2.19 bits per heavy atom. The van der Waals surface area contributed by atoms with Gasteiger partial charge in [0, 0.05) is 12.6 Å². The van der Waals surface area contributed by atoms with Crippen molar-refractivity contribution in [2.24, 2.45) is 0 Å². The number of hydrogen-bond donors (Lipinski definition) is 1. The van der Waals surface area contributed by atoms with Crippen LogP contribution in [-0.4, -0.2) is 27.8 Å². The van der Waals surface area contributed by atoms with E-state index < -0.39 is 0 Å². The fraction of sp³-hybridized carbons (Fsp3) is 0.417. The van der Waals surface area contributed by atoms with Gasteiger partial charge in [0.2, 0.25) is 0 Å². The fourth-order valence-electron chi connectivity index (χ4n) is 1.47. The molecule has 0 radical (unpaired) electrons. The predicted octanol–water partition coefficient (Wildman–Crippen LogP) is 1.53. The average molecular weight is 220 g/mol. The quantitative estimate of drug-likeness (QED) is 0.817. The monoisotopic (exact) mass is 220 g/mol. The summed E-state index contributed by atoms with van der Waals surface area (Å²) in [5.74, 6) is 1.20. The zero-order valence-corrected chi connectivity index (χ0v) is 9.78. The SMILES string of the molecule is CNCC(C#N)c1cc(OC)cc(OC)c1. The van der Waals surface area contributed by atoms with Gasteiger partial charge in [-0.15, -0.1) is 0 Å². The van der Waals surface area contributed by atoms with E-state index in [2.05, 4.69) is 11.4 Å². The van der Waals surface area contributed by atoms with E-state index in [4.69, 9.17) is 14.7 Å². The zero-order valence-electron chi connectivity index (χ0n) is 9.78. The number of ether oxygens (including phenoxy) is 2. The summed E-state index contributed by atoms with van der Waals surface area (Å²) in [5.41, 5.74) is 0.896. The highest BCUT2D eigenvalue weighted by molar-refractivity contribution is 5.41. The summed E-state index contributed by atoms with van der Waals surface area (Å²) in [6.07, 6.45) is 0. The van der Waals surface area contributed by atoms with Crippen molar-refractivity contribution in [3.63, 3.8) is 0 Å². The van der Waals surface area contributed by atoms with E-state index in [1.165, 1.54) is 0 Å². The largest absolute Gasteiger partial charge is 0.497 e. The standard InChI is InChI=1S/C12H16N2O2/c1-14-8-10(7-13)9-4-11(15-2)6-12(5-9)16-3/h4-6,10,14H,8H2,1-3H3. The van der Waals surface area contributed by atoms with E-state index in [0.717, 1.165) is 5.56 Å². The smallest absolute Gasteiger partial charge is 0.122 e. The van der Waals surface area contributed by atoms with Crippen molar-refractivity contribution in [3.05, 3.63) is 23.8 Å². The summed E-state index contributed by atoms with van der Waals surface area (Å²) >= 11 is 0. The van der Waals surface area contributed by atoms with Gasteiger partial charge in [-0.3, -0.25) is 0 Å². The Hall–Kier alpha value is -1.73. The van der Waals surface area contributed by atoms with Gasteiger partial charge in [0.05, 0.1) is 26.2 Å². The Bertz CT molecular complexity index is 363. The molecule has 1 atom stereocenters. The molecular weight excluding hydrogens is 204 g/mol. The molecule has 1 rings (SSSR count). The average Bonchev–Trinajstić information content (AvgIpc) is 2.35. The van der Waals surface area contributed by atoms with Gasteiger partial charge < -0.3 is 14.8 Å². The van der Waals surface area contributed by atoms with Crippen molar-refractivity contribution in [1.82, 2.24) is 5.32 Å². The maximum absolute atomic E-state index is 9.07. The fourth-order valence-corrected chi connectivity index (χ4v) is 1.47. The Morgan fingerprint density at radius 2 is 1.81 bits per heavy atom. The van der Waals surface area contributed by atoms with Crippen LogP contribution in [0.2, 0.25) is 0 Å². The molecule has 0 spiro atoms. The first-order chi connectivity index (χ1) is 7.74. The lowest BCUT2D eigenvalue weighted by atomic mass is 10.00. The van der Waals surface area contributed by atoms with Gasteiger partial charge in [-0.05, 0) is 24.7 Å². The van der Waals surface area contributed by atoms with Gasteiger partial charge >= 0.3 is 0 Å². The maximum Gasteiger partial charge on any atom is 0.122 e. The van der Waals surface area contributed by atoms with Crippen molar-refractivity contribution in [3.8, 4) is 17.6 Å². The van der Waals surface area contributed by atoms with Crippen LogP contribution in [0.15, 0.2) is 18.2 Å². The number of likely N-dealkylation sites (N-methyl/N-ethyl adjacent to an activating group) is 1. The summed E-state index contributed by atoms with van der Waals surface area (Å²) < 4.78 is 10.3. The Kier molecular flexibility index (Phi) is 4.62. The molecule has 0 bridgehead atoms. The van der Waals surface area contributed by atoms with Gasteiger partial charge in [0.25, 0.3) is 0 Å². The van der Waals surface area contributed by atoms with Crippen LogP contribution in [0.1, 0.15) is 11.5 Å². The number of hydrogen-bond acceptors (Lipinski definition) is 4. The Balaban J connectivity index is 3.06. The lowest BCUT2D eigenvalue weighted by molar-refractivity contribution is 0.393. The second kappa shape index (κ2) is 5.99. The Labute approximate surface area is 95.8 Å². The number of nitriles is 1. The highest BCUT2D eigenvalue weighted by atomic mass is 16.5. The van der Waals surface area contributed by atoms with Crippen LogP contribution in [0.4, 0.5) is 0 Å². The molecule has 1 aromatic rings. The van der Waals surface area contributed by atoms with Crippen LogP contribution in [0.3, 0.4) is 0 Å². The number of methoxy groups -OCH3 is 2. The van der Waals surface area contributed by atoms with E-state index in [1.54, 1.807) is 20.3 Å². The van der Waals surface area contributed by atoms with Crippen LogP contribution >= 0.6 is 0 Å². The summed E-state index contributed by atoms with van der Waals surface area (Å²) in [6, 6.07) is 7.75. The molecule has 86 valence electrons. The van der Waals surface area contributed by atoms with Crippen LogP contribution in [0.5, 0.6) is 11.5 Å².